The summed E-state index contributed by atoms with van der Waals surface area (Å²) in [6.07, 6.45) is 0. The van der Waals surface area contributed by atoms with Crippen LogP contribution >= 0.6 is 0 Å². The van der Waals surface area contributed by atoms with E-state index < -0.39 is 5.41 Å². The largest absolute Gasteiger partial charge is 0.208 e. The van der Waals surface area contributed by atoms with Crippen LogP contribution in [-0.4, -0.2) is 15.0 Å². The van der Waals surface area contributed by atoms with Crippen molar-refractivity contribution in [2.75, 3.05) is 0 Å². The molecular weight excluding hydrogens is 657 g/mol. The normalized spacial score (nSPS) is 14.0. The second-order valence-electron chi connectivity index (χ2n) is 14.7. The van der Waals surface area contributed by atoms with E-state index >= 15 is 0 Å². The Bertz CT molecular complexity index is 2760. The molecule has 2 aliphatic rings. The molecular formula is C50H34N4. The van der Waals surface area contributed by atoms with E-state index in [9.17, 15) is 5.26 Å². The first kappa shape index (κ1) is 31.7. The lowest BCUT2D eigenvalue weighted by molar-refractivity contribution is 0.563. The Morgan fingerprint density at radius 2 is 0.870 bits per heavy atom. The predicted molar refractivity (Wildman–Crippen MR) is 216 cm³/mol. The molecule has 254 valence electrons. The van der Waals surface area contributed by atoms with Crippen LogP contribution < -0.4 is 0 Å². The number of aromatic nitrogens is 3. The molecule has 0 aliphatic heterocycles. The summed E-state index contributed by atoms with van der Waals surface area (Å²) >= 11 is 0. The molecule has 8 aromatic rings. The second-order valence-corrected chi connectivity index (χ2v) is 14.7. The van der Waals surface area contributed by atoms with Crippen LogP contribution in [-0.2, 0) is 10.8 Å². The lowest BCUT2D eigenvalue weighted by Crippen LogP contribution is -2.40. The van der Waals surface area contributed by atoms with Gasteiger partial charge in [-0.25, -0.2) is 15.0 Å². The fourth-order valence-electron chi connectivity index (χ4n) is 8.93. The molecule has 0 bridgehead atoms. The second kappa shape index (κ2) is 12.0. The summed E-state index contributed by atoms with van der Waals surface area (Å²) < 4.78 is 0. The molecule has 7 aromatic carbocycles. The van der Waals surface area contributed by atoms with E-state index in [0.717, 1.165) is 27.8 Å². The average molecular weight is 691 g/mol. The zero-order valence-electron chi connectivity index (χ0n) is 30.0. The van der Waals surface area contributed by atoms with Crippen molar-refractivity contribution in [3.05, 3.63) is 209 Å². The maximum Gasteiger partial charge on any atom is 0.164 e. The Balaban J connectivity index is 1.09. The molecule has 0 unspecified atom stereocenters. The van der Waals surface area contributed by atoms with Crippen molar-refractivity contribution >= 4 is 0 Å². The number of nitriles is 1. The van der Waals surface area contributed by atoms with Crippen molar-refractivity contribution < 1.29 is 0 Å². The highest BCUT2D eigenvalue weighted by Crippen LogP contribution is 2.62. The van der Waals surface area contributed by atoms with Gasteiger partial charge < -0.3 is 0 Å². The standard InChI is InChI=1S/C50H34N4/c1-49(2)42-19-8-10-21-44(42)50(45-22-11-9-20-43(45)49)40-18-7-6-17-38(40)39-30-36(27-28-41(39)50)33-23-25-35(26-24-33)47-52-46(34-14-4-3-5-15-34)53-48(54-47)37-16-12-13-32(29-37)31-51/h3-30H,1-2H3. The maximum atomic E-state index is 9.55. The van der Waals surface area contributed by atoms with Crippen molar-refractivity contribution in [2.24, 2.45) is 0 Å². The molecule has 1 spiro atoms. The highest BCUT2D eigenvalue weighted by atomic mass is 15.0. The zero-order chi connectivity index (χ0) is 36.4. The minimum Gasteiger partial charge on any atom is -0.208 e. The van der Waals surface area contributed by atoms with E-state index in [0.29, 0.717) is 23.0 Å². The molecule has 0 fully saturated rings. The summed E-state index contributed by atoms with van der Waals surface area (Å²) in [4.78, 5) is 14.7. The van der Waals surface area contributed by atoms with Gasteiger partial charge >= 0.3 is 0 Å². The van der Waals surface area contributed by atoms with Gasteiger partial charge in [-0.1, -0.05) is 166 Å². The fourth-order valence-corrected chi connectivity index (χ4v) is 8.93. The maximum absolute atomic E-state index is 9.55. The van der Waals surface area contributed by atoms with Crippen LogP contribution in [0.15, 0.2) is 170 Å². The van der Waals surface area contributed by atoms with E-state index in [2.05, 4.69) is 135 Å². The summed E-state index contributed by atoms with van der Waals surface area (Å²) in [6, 6.07) is 62.2. The third kappa shape index (κ3) is 4.65. The van der Waals surface area contributed by atoms with E-state index in [1.165, 1.54) is 44.5 Å². The van der Waals surface area contributed by atoms with Gasteiger partial charge in [-0.15, -0.1) is 0 Å². The molecule has 0 radical (unpaired) electrons. The number of hydrogen-bond donors (Lipinski definition) is 0. The van der Waals surface area contributed by atoms with Gasteiger partial charge in [0, 0.05) is 22.1 Å². The van der Waals surface area contributed by atoms with Gasteiger partial charge in [0.15, 0.2) is 17.5 Å². The van der Waals surface area contributed by atoms with Gasteiger partial charge in [-0.05, 0) is 73.8 Å². The molecule has 54 heavy (non-hydrogen) atoms. The Morgan fingerprint density at radius 3 is 1.52 bits per heavy atom. The molecule has 4 nitrogen and oxygen atoms in total. The quantitative estimate of drug-likeness (QED) is 0.184. The van der Waals surface area contributed by atoms with Crippen molar-refractivity contribution in [2.45, 2.75) is 24.7 Å². The minimum atomic E-state index is -0.406. The van der Waals surface area contributed by atoms with E-state index in [1.807, 2.05) is 48.5 Å². The van der Waals surface area contributed by atoms with Crippen molar-refractivity contribution in [3.63, 3.8) is 0 Å². The lowest BCUT2D eigenvalue weighted by Gasteiger charge is -2.46. The molecule has 0 atom stereocenters. The number of hydrogen-bond acceptors (Lipinski definition) is 4. The van der Waals surface area contributed by atoms with Gasteiger partial charge in [0.05, 0.1) is 17.0 Å². The first-order chi connectivity index (χ1) is 26.5. The van der Waals surface area contributed by atoms with Gasteiger partial charge in [0.25, 0.3) is 0 Å². The topological polar surface area (TPSA) is 62.5 Å². The molecule has 4 heteroatoms. The van der Waals surface area contributed by atoms with E-state index in [-0.39, 0.29) is 5.41 Å². The monoisotopic (exact) mass is 690 g/mol. The summed E-state index contributed by atoms with van der Waals surface area (Å²) in [6.45, 7) is 4.72. The predicted octanol–water partition coefficient (Wildman–Crippen LogP) is 11.4. The third-order valence-electron chi connectivity index (χ3n) is 11.4. The fraction of sp³-hybridized carbons (Fsp3) is 0.0800. The van der Waals surface area contributed by atoms with E-state index in [4.69, 9.17) is 15.0 Å². The SMILES string of the molecule is CC1(C)c2ccccc2C2(c3ccccc3-c3cc(-c4ccc(-c5nc(-c6ccccc6)nc(-c6cccc(C#N)c6)n5)cc4)ccc32)c2ccccc21. The first-order valence-electron chi connectivity index (χ1n) is 18.3. The molecule has 1 heterocycles. The average Bonchev–Trinajstić information content (AvgIpc) is 3.53. The molecule has 1 aromatic heterocycles. The smallest absolute Gasteiger partial charge is 0.164 e. The summed E-state index contributed by atoms with van der Waals surface area (Å²) in [7, 11) is 0. The number of benzene rings is 7. The highest BCUT2D eigenvalue weighted by Gasteiger charge is 2.53. The van der Waals surface area contributed by atoms with Crippen molar-refractivity contribution in [1.29, 1.82) is 5.26 Å². The Hall–Kier alpha value is -6.96. The van der Waals surface area contributed by atoms with Gasteiger partial charge in [-0.3, -0.25) is 0 Å². The minimum absolute atomic E-state index is 0.125. The van der Waals surface area contributed by atoms with Gasteiger partial charge in [0.1, 0.15) is 0 Å². The van der Waals surface area contributed by atoms with Crippen LogP contribution in [0.25, 0.3) is 56.4 Å². The van der Waals surface area contributed by atoms with Crippen LogP contribution in [0.2, 0.25) is 0 Å². The molecule has 0 saturated carbocycles. The van der Waals surface area contributed by atoms with Gasteiger partial charge in [-0.2, -0.15) is 5.26 Å². The van der Waals surface area contributed by atoms with Crippen LogP contribution in [0.1, 0.15) is 52.8 Å². The van der Waals surface area contributed by atoms with E-state index in [1.54, 1.807) is 6.07 Å². The summed E-state index contributed by atoms with van der Waals surface area (Å²) in [5.74, 6) is 1.69. The number of nitrogens with zero attached hydrogens (tertiary/aromatic N) is 4. The van der Waals surface area contributed by atoms with Crippen LogP contribution in [0.4, 0.5) is 0 Å². The highest BCUT2D eigenvalue weighted by molar-refractivity contribution is 5.90. The van der Waals surface area contributed by atoms with Crippen LogP contribution in [0.3, 0.4) is 0 Å². The molecule has 0 saturated heterocycles. The van der Waals surface area contributed by atoms with Gasteiger partial charge in [0.2, 0.25) is 0 Å². The number of fused-ring (bicyclic) bond motifs is 9. The Kier molecular flexibility index (Phi) is 7.08. The van der Waals surface area contributed by atoms with Crippen LogP contribution in [0, 0.1) is 11.3 Å². The summed E-state index contributed by atoms with van der Waals surface area (Å²) in [5, 5.41) is 9.55. The molecule has 0 amide bonds. The first-order valence-corrected chi connectivity index (χ1v) is 18.3. The lowest BCUT2D eigenvalue weighted by atomic mass is 9.55. The third-order valence-corrected chi connectivity index (χ3v) is 11.4. The Morgan fingerprint density at radius 1 is 0.389 bits per heavy atom. The van der Waals surface area contributed by atoms with Crippen molar-refractivity contribution in [3.8, 4) is 62.5 Å². The van der Waals surface area contributed by atoms with Crippen molar-refractivity contribution in [1.82, 2.24) is 15.0 Å². The number of rotatable bonds is 4. The molecule has 0 N–H and O–H groups in total. The molecule has 10 rings (SSSR count). The van der Waals surface area contributed by atoms with Crippen LogP contribution in [0.5, 0.6) is 0 Å². The molecule has 2 aliphatic carbocycles. The zero-order valence-corrected chi connectivity index (χ0v) is 30.0. The summed E-state index contributed by atoms with van der Waals surface area (Å²) in [5.41, 5.74) is 15.5. The Labute approximate surface area is 315 Å².